The van der Waals surface area contributed by atoms with E-state index in [1.54, 1.807) is 30.6 Å². The smallest absolute Gasteiger partial charge is 0.243 e. The molecule has 1 fully saturated rings. The molecular formula is C26H24N4O3S. The normalized spacial score (nSPS) is 14.6. The van der Waals surface area contributed by atoms with Gasteiger partial charge in [-0.15, -0.1) is 0 Å². The van der Waals surface area contributed by atoms with E-state index in [1.165, 1.54) is 4.31 Å². The minimum absolute atomic E-state index is 0.259. The Morgan fingerprint density at radius 3 is 2.00 bits per heavy atom. The summed E-state index contributed by atoms with van der Waals surface area (Å²) < 4.78 is 33.7. The maximum Gasteiger partial charge on any atom is 0.243 e. The summed E-state index contributed by atoms with van der Waals surface area (Å²) >= 11 is 0. The Bertz CT molecular complexity index is 1340. The first kappa shape index (κ1) is 22.1. The molecule has 0 N–H and O–H groups in total. The zero-order valence-electron chi connectivity index (χ0n) is 18.5. The lowest BCUT2D eigenvalue weighted by molar-refractivity contribution is 0.383. The molecule has 5 rings (SSSR count). The van der Waals surface area contributed by atoms with Crippen LogP contribution in [-0.2, 0) is 10.0 Å². The molecule has 8 heteroatoms. The summed E-state index contributed by atoms with van der Waals surface area (Å²) in [5.41, 5.74) is 1.87. The average Bonchev–Trinajstić information content (AvgIpc) is 2.90. The molecule has 0 amide bonds. The fourth-order valence-electron chi connectivity index (χ4n) is 3.90. The molecule has 1 aliphatic rings. The zero-order chi connectivity index (χ0) is 23.4. The van der Waals surface area contributed by atoms with Crippen LogP contribution in [0.4, 0.5) is 5.82 Å². The van der Waals surface area contributed by atoms with Gasteiger partial charge in [0.25, 0.3) is 0 Å². The number of sulfonamides is 1. The third kappa shape index (κ3) is 4.78. The first-order valence-electron chi connectivity index (χ1n) is 11.1. The van der Waals surface area contributed by atoms with Crippen molar-refractivity contribution in [3.8, 4) is 22.8 Å². The molecule has 0 unspecified atom stereocenters. The summed E-state index contributed by atoms with van der Waals surface area (Å²) in [4.78, 5) is 11.1. The van der Waals surface area contributed by atoms with Crippen LogP contribution in [0.3, 0.4) is 0 Å². The molecule has 0 radical (unpaired) electrons. The van der Waals surface area contributed by atoms with Crippen molar-refractivity contribution in [2.45, 2.75) is 4.90 Å². The van der Waals surface area contributed by atoms with Crippen molar-refractivity contribution in [3.05, 3.63) is 97.3 Å². The lowest BCUT2D eigenvalue weighted by atomic mass is 10.1. The van der Waals surface area contributed by atoms with Crippen molar-refractivity contribution in [1.29, 1.82) is 0 Å². The van der Waals surface area contributed by atoms with Crippen LogP contribution in [0.1, 0.15) is 0 Å². The average molecular weight is 473 g/mol. The molecule has 0 spiro atoms. The maximum atomic E-state index is 13.2. The van der Waals surface area contributed by atoms with Crippen molar-refractivity contribution in [1.82, 2.24) is 14.3 Å². The quantitative estimate of drug-likeness (QED) is 0.413. The molecule has 1 saturated heterocycles. The van der Waals surface area contributed by atoms with E-state index in [0.29, 0.717) is 37.7 Å². The van der Waals surface area contributed by atoms with Gasteiger partial charge in [-0.2, -0.15) is 4.31 Å². The topological polar surface area (TPSA) is 75.6 Å². The van der Waals surface area contributed by atoms with Crippen LogP contribution in [0.5, 0.6) is 11.5 Å². The van der Waals surface area contributed by atoms with E-state index in [-0.39, 0.29) is 4.90 Å². The SMILES string of the molecule is O=S(=O)(c1ccc(Oc2ccccc2)cc1)N1CCN(c2cc(-c3ccccc3)ncn2)CC1. The van der Waals surface area contributed by atoms with Gasteiger partial charge in [-0.05, 0) is 36.4 Å². The monoisotopic (exact) mass is 472 g/mol. The van der Waals surface area contributed by atoms with Crippen molar-refractivity contribution in [3.63, 3.8) is 0 Å². The summed E-state index contributed by atoms with van der Waals surface area (Å²) in [7, 11) is -3.59. The maximum absolute atomic E-state index is 13.2. The summed E-state index contributed by atoms with van der Waals surface area (Å²) in [5.74, 6) is 2.09. The molecule has 1 aliphatic heterocycles. The summed E-state index contributed by atoms with van der Waals surface area (Å²) in [6.07, 6.45) is 1.56. The molecule has 4 aromatic rings. The van der Waals surface area contributed by atoms with Crippen LogP contribution >= 0.6 is 0 Å². The predicted molar refractivity (Wildman–Crippen MR) is 131 cm³/mol. The van der Waals surface area contributed by atoms with Gasteiger partial charge >= 0.3 is 0 Å². The Morgan fingerprint density at radius 1 is 0.706 bits per heavy atom. The van der Waals surface area contributed by atoms with Crippen LogP contribution < -0.4 is 9.64 Å². The first-order chi connectivity index (χ1) is 16.6. The molecule has 34 heavy (non-hydrogen) atoms. The minimum atomic E-state index is -3.59. The second-order valence-electron chi connectivity index (χ2n) is 7.91. The number of piperazine rings is 1. The van der Waals surface area contributed by atoms with Gasteiger partial charge in [0, 0.05) is 37.8 Å². The predicted octanol–water partition coefficient (Wildman–Crippen LogP) is 4.45. The van der Waals surface area contributed by atoms with Crippen molar-refractivity contribution >= 4 is 15.8 Å². The molecule has 0 atom stereocenters. The van der Waals surface area contributed by atoms with E-state index < -0.39 is 10.0 Å². The van der Waals surface area contributed by atoms with E-state index in [4.69, 9.17) is 4.74 Å². The van der Waals surface area contributed by atoms with E-state index in [1.807, 2.05) is 66.7 Å². The molecular weight excluding hydrogens is 448 g/mol. The molecule has 7 nitrogen and oxygen atoms in total. The van der Waals surface area contributed by atoms with E-state index in [9.17, 15) is 8.42 Å². The van der Waals surface area contributed by atoms with Crippen molar-refractivity contribution in [2.24, 2.45) is 0 Å². The van der Waals surface area contributed by atoms with Gasteiger partial charge in [0.05, 0.1) is 10.6 Å². The largest absolute Gasteiger partial charge is 0.457 e. The number of hydrogen-bond donors (Lipinski definition) is 0. The Kier molecular flexibility index (Phi) is 6.24. The van der Waals surface area contributed by atoms with Gasteiger partial charge < -0.3 is 9.64 Å². The molecule has 2 heterocycles. The zero-order valence-corrected chi connectivity index (χ0v) is 19.3. The minimum Gasteiger partial charge on any atom is -0.457 e. The Balaban J connectivity index is 1.24. The van der Waals surface area contributed by atoms with Gasteiger partial charge in [-0.3, -0.25) is 0 Å². The van der Waals surface area contributed by atoms with Gasteiger partial charge in [0.15, 0.2) is 0 Å². The number of para-hydroxylation sites is 1. The molecule has 1 aromatic heterocycles. The van der Waals surface area contributed by atoms with E-state index in [0.717, 1.165) is 17.1 Å². The van der Waals surface area contributed by atoms with E-state index >= 15 is 0 Å². The van der Waals surface area contributed by atoms with Crippen LogP contribution in [0.2, 0.25) is 0 Å². The molecule has 0 bridgehead atoms. The van der Waals surface area contributed by atoms with Crippen molar-refractivity contribution < 1.29 is 13.2 Å². The van der Waals surface area contributed by atoms with Crippen LogP contribution in [-0.4, -0.2) is 48.9 Å². The lowest BCUT2D eigenvalue weighted by Gasteiger charge is -2.34. The highest BCUT2D eigenvalue weighted by molar-refractivity contribution is 7.89. The second kappa shape index (κ2) is 9.62. The Morgan fingerprint density at radius 2 is 1.32 bits per heavy atom. The third-order valence-electron chi connectivity index (χ3n) is 5.73. The second-order valence-corrected chi connectivity index (χ2v) is 9.84. The highest BCUT2D eigenvalue weighted by Gasteiger charge is 2.29. The lowest BCUT2D eigenvalue weighted by Crippen LogP contribution is -2.48. The summed E-state index contributed by atoms with van der Waals surface area (Å²) in [5, 5.41) is 0. The number of anilines is 1. The molecule has 3 aromatic carbocycles. The number of hydrogen-bond acceptors (Lipinski definition) is 6. The summed E-state index contributed by atoms with van der Waals surface area (Å²) in [6.45, 7) is 1.88. The van der Waals surface area contributed by atoms with Gasteiger partial charge in [0.1, 0.15) is 23.6 Å². The van der Waals surface area contributed by atoms with Gasteiger partial charge in [0.2, 0.25) is 10.0 Å². The fraction of sp³-hybridized carbons (Fsp3) is 0.154. The Hall–Kier alpha value is -3.75. The molecule has 0 saturated carbocycles. The van der Waals surface area contributed by atoms with Crippen LogP contribution in [0.15, 0.2) is 102 Å². The van der Waals surface area contributed by atoms with Gasteiger partial charge in [-0.1, -0.05) is 48.5 Å². The highest BCUT2D eigenvalue weighted by atomic mass is 32.2. The third-order valence-corrected chi connectivity index (χ3v) is 7.64. The standard InChI is InChI=1S/C26H24N4O3S/c31-34(32,24-13-11-23(12-14-24)33-22-9-5-2-6-10-22)30-17-15-29(16-18-30)26-19-25(27-20-28-26)21-7-3-1-4-8-21/h1-14,19-20H,15-18H2. The van der Waals surface area contributed by atoms with E-state index in [2.05, 4.69) is 14.9 Å². The van der Waals surface area contributed by atoms with Crippen LogP contribution in [0, 0.1) is 0 Å². The van der Waals surface area contributed by atoms with Crippen LogP contribution in [0.25, 0.3) is 11.3 Å². The fourth-order valence-corrected chi connectivity index (χ4v) is 5.32. The highest BCUT2D eigenvalue weighted by Crippen LogP contribution is 2.26. The molecule has 172 valence electrons. The Labute approximate surface area is 199 Å². The number of nitrogens with zero attached hydrogens (tertiary/aromatic N) is 4. The first-order valence-corrected chi connectivity index (χ1v) is 12.5. The molecule has 0 aliphatic carbocycles. The number of rotatable bonds is 6. The number of aromatic nitrogens is 2. The van der Waals surface area contributed by atoms with Crippen molar-refractivity contribution in [2.75, 3.05) is 31.1 Å². The number of ether oxygens (including phenoxy) is 1. The summed E-state index contributed by atoms with van der Waals surface area (Å²) in [6, 6.07) is 27.8. The van der Waals surface area contributed by atoms with Gasteiger partial charge in [-0.25, -0.2) is 18.4 Å². The number of benzene rings is 3.